The Morgan fingerprint density at radius 2 is 1.80 bits per heavy atom. The topological polar surface area (TPSA) is 54.4 Å². The Labute approximate surface area is 133 Å². The van der Waals surface area contributed by atoms with E-state index in [0.717, 1.165) is 29.3 Å². The van der Waals surface area contributed by atoms with Crippen LogP contribution in [-0.2, 0) is 4.79 Å². The highest BCUT2D eigenvalue weighted by molar-refractivity contribution is 14.1. The molecule has 1 atom stereocenters. The predicted octanol–water partition coefficient (Wildman–Crippen LogP) is 4.54. The summed E-state index contributed by atoms with van der Waals surface area (Å²) in [5.74, 6) is -1.50. The lowest BCUT2D eigenvalue weighted by molar-refractivity contribution is -0.141. The number of rotatable bonds is 9. The molecule has 0 aromatic heterocycles. The van der Waals surface area contributed by atoms with Crippen LogP contribution in [0.25, 0.3) is 0 Å². The second-order valence-electron chi connectivity index (χ2n) is 5.02. The smallest absolute Gasteiger partial charge is 0.306 e. The molecule has 0 saturated carbocycles. The molecule has 0 saturated heterocycles. The molecule has 4 heteroatoms. The van der Waals surface area contributed by atoms with E-state index in [4.69, 9.17) is 0 Å². The summed E-state index contributed by atoms with van der Waals surface area (Å²) in [6.45, 7) is 2.12. The first-order valence-electron chi connectivity index (χ1n) is 7.06. The van der Waals surface area contributed by atoms with Gasteiger partial charge in [0.1, 0.15) is 0 Å². The number of Topliss-reactive ketones (excluding diaryl/α,β-unsaturated/α-hetero) is 1. The van der Waals surface area contributed by atoms with Gasteiger partial charge in [-0.15, -0.1) is 0 Å². The minimum Gasteiger partial charge on any atom is -0.481 e. The molecule has 0 radical (unpaired) electrons. The number of halogens is 1. The Kier molecular flexibility index (Phi) is 7.80. The first kappa shape index (κ1) is 17.1. The monoisotopic (exact) mass is 388 g/mol. The second kappa shape index (κ2) is 9.10. The average molecular weight is 388 g/mol. The normalized spacial score (nSPS) is 12.1. The summed E-state index contributed by atoms with van der Waals surface area (Å²) in [5, 5.41) is 9.22. The lowest BCUT2D eigenvalue weighted by atomic mass is 9.93. The summed E-state index contributed by atoms with van der Waals surface area (Å²) >= 11 is 2.18. The molecule has 0 bridgehead atoms. The highest BCUT2D eigenvalue weighted by Gasteiger charge is 2.21. The van der Waals surface area contributed by atoms with Gasteiger partial charge in [0.25, 0.3) is 0 Å². The standard InChI is InChI=1S/C16H21IO3/c1-2-3-4-5-6-13(16(19)20)11-15(18)12-7-9-14(17)10-8-12/h7-10,13H,2-6,11H2,1H3,(H,19,20). The fourth-order valence-corrected chi connectivity index (χ4v) is 2.47. The lowest BCUT2D eigenvalue weighted by Crippen LogP contribution is -2.18. The fourth-order valence-electron chi connectivity index (χ4n) is 2.11. The van der Waals surface area contributed by atoms with E-state index in [9.17, 15) is 14.7 Å². The van der Waals surface area contributed by atoms with Gasteiger partial charge in [-0.05, 0) is 41.1 Å². The van der Waals surface area contributed by atoms with Crippen LogP contribution in [0.5, 0.6) is 0 Å². The van der Waals surface area contributed by atoms with Crippen LogP contribution in [0.15, 0.2) is 24.3 Å². The molecule has 1 rings (SSSR count). The summed E-state index contributed by atoms with van der Waals surface area (Å²) in [4.78, 5) is 23.3. The zero-order valence-electron chi connectivity index (χ0n) is 11.8. The predicted molar refractivity (Wildman–Crippen MR) is 88.0 cm³/mol. The number of carboxylic acids is 1. The average Bonchev–Trinajstić information content (AvgIpc) is 2.42. The van der Waals surface area contributed by atoms with Gasteiger partial charge in [0.15, 0.2) is 5.78 Å². The van der Waals surface area contributed by atoms with Crippen molar-refractivity contribution in [3.8, 4) is 0 Å². The Morgan fingerprint density at radius 3 is 2.35 bits per heavy atom. The van der Waals surface area contributed by atoms with Gasteiger partial charge in [-0.2, -0.15) is 0 Å². The van der Waals surface area contributed by atoms with Gasteiger partial charge in [-0.3, -0.25) is 9.59 Å². The molecule has 0 spiro atoms. The highest BCUT2D eigenvalue weighted by atomic mass is 127. The van der Waals surface area contributed by atoms with Gasteiger partial charge in [0, 0.05) is 15.6 Å². The third kappa shape index (κ3) is 6.03. The van der Waals surface area contributed by atoms with Gasteiger partial charge in [-0.25, -0.2) is 0 Å². The van der Waals surface area contributed by atoms with Crippen molar-refractivity contribution in [3.05, 3.63) is 33.4 Å². The molecule has 0 aliphatic carbocycles. The Bertz CT molecular complexity index is 440. The minimum absolute atomic E-state index is 0.0794. The maximum absolute atomic E-state index is 12.1. The van der Waals surface area contributed by atoms with E-state index in [-0.39, 0.29) is 12.2 Å². The molecule has 0 amide bonds. The first-order valence-corrected chi connectivity index (χ1v) is 8.14. The zero-order chi connectivity index (χ0) is 15.0. The van der Waals surface area contributed by atoms with E-state index in [1.165, 1.54) is 0 Å². The maximum atomic E-state index is 12.1. The van der Waals surface area contributed by atoms with Crippen LogP contribution >= 0.6 is 22.6 Å². The van der Waals surface area contributed by atoms with Crippen LogP contribution in [0, 0.1) is 9.49 Å². The van der Waals surface area contributed by atoms with E-state index < -0.39 is 11.9 Å². The van der Waals surface area contributed by atoms with E-state index in [0.29, 0.717) is 12.0 Å². The van der Waals surface area contributed by atoms with E-state index in [2.05, 4.69) is 29.5 Å². The molecule has 20 heavy (non-hydrogen) atoms. The number of benzene rings is 1. The molecule has 0 aliphatic rings. The van der Waals surface area contributed by atoms with Crippen molar-refractivity contribution >= 4 is 34.3 Å². The van der Waals surface area contributed by atoms with Crippen molar-refractivity contribution in [3.63, 3.8) is 0 Å². The van der Waals surface area contributed by atoms with Crippen LogP contribution in [0.3, 0.4) is 0 Å². The third-order valence-electron chi connectivity index (χ3n) is 3.35. The van der Waals surface area contributed by atoms with Crippen molar-refractivity contribution in [2.24, 2.45) is 5.92 Å². The summed E-state index contributed by atoms with van der Waals surface area (Å²) in [6, 6.07) is 7.26. The number of aliphatic carboxylic acids is 1. The number of ketones is 1. The number of hydrogen-bond acceptors (Lipinski definition) is 2. The summed E-state index contributed by atoms with van der Waals surface area (Å²) < 4.78 is 1.06. The summed E-state index contributed by atoms with van der Waals surface area (Å²) in [6.07, 6.45) is 4.85. The van der Waals surface area contributed by atoms with Crippen LogP contribution in [0.2, 0.25) is 0 Å². The first-order chi connectivity index (χ1) is 9.54. The number of hydrogen-bond donors (Lipinski definition) is 1. The molecule has 0 heterocycles. The van der Waals surface area contributed by atoms with Crippen LogP contribution in [0.1, 0.15) is 55.8 Å². The van der Waals surface area contributed by atoms with Crippen molar-refractivity contribution in [1.29, 1.82) is 0 Å². The van der Waals surface area contributed by atoms with Gasteiger partial charge in [0.05, 0.1) is 5.92 Å². The van der Waals surface area contributed by atoms with E-state index in [1.54, 1.807) is 12.1 Å². The number of unbranched alkanes of at least 4 members (excludes halogenated alkanes) is 3. The zero-order valence-corrected chi connectivity index (χ0v) is 13.9. The molecule has 3 nitrogen and oxygen atoms in total. The Hall–Kier alpha value is -0.910. The molecule has 110 valence electrons. The minimum atomic E-state index is -0.861. The van der Waals surface area contributed by atoms with Crippen LogP contribution in [-0.4, -0.2) is 16.9 Å². The molecule has 1 N–H and O–H groups in total. The summed E-state index contributed by atoms with van der Waals surface area (Å²) in [5.41, 5.74) is 0.602. The van der Waals surface area contributed by atoms with E-state index in [1.807, 2.05) is 12.1 Å². The van der Waals surface area contributed by atoms with Gasteiger partial charge in [-0.1, -0.05) is 44.7 Å². The number of carboxylic acid groups (broad SMARTS) is 1. The molecule has 0 aliphatic heterocycles. The number of carbonyl (C=O) groups excluding carboxylic acids is 1. The maximum Gasteiger partial charge on any atom is 0.306 e. The van der Waals surface area contributed by atoms with Crippen molar-refractivity contribution in [1.82, 2.24) is 0 Å². The Morgan fingerprint density at radius 1 is 1.15 bits per heavy atom. The molecule has 1 unspecified atom stereocenters. The molecular weight excluding hydrogens is 367 g/mol. The SMILES string of the molecule is CCCCCCC(CC(=O)c1ccc(I)cc1)C(=O)O. The van der Waals surface area contributed by atoms with Crippen LogP contribution < -0.4 is 0 Å². The largest absolute Gasteiger partial charge is 0.481 e. The fraction of sp³-hybridized carbons (Fsp3) is 0.500. The van der Waals surface area contributed by atoms with Crippen molar-refractivity contribution in [2.75, 3.05) is 0 Å². The van der Waals surface area contributed by atoms with Gasteiger partial charge < -0.3 is 5.11 Å². The lowest BCUT2D eigenvalue weighted by Gasteiger charge is -2.11. The van der Waals surface area contributed by atoms with Crippen molar-refractivity contribution in [2.45, 2.75) is 45.4 Å². The third-order valence-corrected chi connectivity index (χ3v) is 4.07. The Balaban J connectivity index is 2.54. The van der Waals surface area contributed by atoms with Gasteiger partial charge >= 0.3 is 5.97 Å². The van der Waals surface area contributed by atoms with Crippen LogP contribution in [0.4, 0.5) is 0 Å². The molecule has 0 fully saturated rings. The van der Waals surface area contributed by atoms with Crippen molar-refractivity contribution < 1.29 is 14.7 Å². The van der Waals surface area contributed by atoms with Gasteiger partial charge in [0.2, 0.25) is 0 Å². The molecule has 1 aromatic carbocycles. The number of carbonyl (C=O) groups is 2. The summed E-state index contributed by atoms with van der Waals surface area (Å²) in [7, 11) is 0. The molecule has 1 aromatic rings. The van der Waals surface area contributed by atoms with E-state index >= 15 is 0 Å². The second-order valence-corrected chi connectivity index (χ2v) is 6.26. The highest BCUT2D eigenvalue weighted by Crippen LogP contribution is 2.18. The molecular formula is C16H21IO3. The quantitative estimate of drug-likeness (QED) is 0.384.